The van der Waals surface area contributed by atoms with Crippen LogP contribution in [-0.2, 0) is 0 Å². The molecule has 8 N–H and O–H groups in total. The molecular formula is C13H19I2N5S. The Labute approximate surface area is 156 Å². The largest absolute Gasteiger partial charge is 0.401 e. The fourth-order valence-electron chi connectivity index (χ4n) is 2.05. The van der Waals surface area contributed by atoms with Gasteiger partial charge in [0.2, 0.25) is 0 Å². The van der Waals surface area contributed by atoms with Crippen molar-refractivity contribution in [1.29, 1.82) is 0 Å². The molecule has 1 aromatic carbocycles. The smallest absolute Gasteiger partial charge is 0.111 e. The lowest BCUT2D eigenvalue weighted by atomic mass is 10.2. The van der Waals surface area contributed by atoms with Crippen molar-refractivity contribution >= 4 is 68.3 Å². The van der Waals surface area contributed by atoms with Gasteiger partial charge >= 0.3 is 0 Å². The topological polar surface area (TPSA) is 102 Å². The van der Waals surface area contributed by atoms with Crippen LogP contribution in [0.1, 0.15) is 13.3 Å². The molecule has 0 saturated heterocycles. The Morgan fingerprint density at radius 2 is 1.95 bits per heavy atom. The maximum absolute atomic E-state index is 6.16. The monoisotopic (exact) mass is 531 g/mol. The van der Waals surface area contributed by atoms with Crippen molar-refractivity contribution in [3.05, 3.63) is 29.9 Å². The van der Waals surface area contributed by atoms with Crippen LogP contribution in [-0.4, -0.2) is 18.1 Å². The minimum absolute atomic E-state index is 0.00874. The van der Waals surface area contributed by atoms with Gasteiger partial charge in [0.25, 0.3) is 0 Å². The van der Waals surface area contributed by atoms with Gasteiger partial charge in [-0.05, 0) is 64.2 Å². The van der Waals surface area contributed by atoms with E-state index < -0.39 is 0 Å². The van der Waals surface area contributed by atoms with Gasteiger partial charge in [0.15, 0.2) is 0 Å². The number of nitrogen functional groups attached to an aromatic ring is 1. The van der Waals surface area contributed by atoms with Gasteiger partial charge in [-0.25, -0.2) is 0 Å². The standard InChI is InChI=1S/C13H19I2N5S/c1-6(16)21-12-10(17)2-3-19-13(12)20-7-4-8(14)11(18)9(15)5-7/h4-6,13,19-20H,2-3,16-18H2,1H3. The van der Waals surface area contributed by atoms with Crippen molar-refractivity contribution < 1.29 is 0 Å². The normalized spacial score (nSPS) is 20.5. The summed E-state index contributed by atoms with van der Waals surface area (Å²) in [6.07, 6.45) is 0.842. The minimum atomic E-state index is -0.00928. The summed E-state index contributed by atoms with van der Waals surface area (Å²) in [4.78, 5) is 1.08. The number of nitrogens with two attached hydrogens (primary N) is 3. The molecular weight excluding hydrogens is 512 g/mol. The van der Waals surface area contributed by atoms with E-state index in [1.54, 1.807) is 11.8 Å². The van der Waals surface area contributed by atoms with Crippen LogP contribution in [0.2, 0.25) is 0 Å². The summed E-state index contributed by atoms with van der Waals surface area (Å²) in [5.41, 5.74) is 20.8. The van der Waals surface area contributed by atoms with Crippen molar-refractivity contribution in [2.45, 2.75) is 24.9 Å². The first-order valence-electron chi connectivity index (χ1n) is 6.53. The van der Waals surface area contributed by atoms with Crippen LogP contribution < -0.4 is 27.8 Å². The quantitative estimate of drug-likeness (QED) is 0.233. The molecule has 0 aliphatic carbocycles. The number of benzene rings is 1. The summed E-state index contributed by atoms with van der Waals surface area (Å²) < 4.78 is 2.08. The molecule has 2 unspecified atom stereocenters. The third kappa shape index (κ3) is 4.53. The molecule has 0 saturated carbocycles. The van der Waals surface area contributed by atoms with Gasteiger partial charge in [-0.3, -0.25) is 5.32 Å². The Kier molecular flexibility index (Phi) is 6.29. The molecule has 2 rings (SSSR count). The first-order chi connectivity index (χ1) is 9.88. The predicted octanol–water partition coefficient (Wildman–Crippen LogP) is 2.42. The number of anilines is 2. The summed E-state index contributed by atoms with van der Waals surface area (Å²) in [6.45, 7) is 2.82. The van der Waals surface area contributed by atoms with Gasteiger partial charge in [0.05, 0.1) is 11.1 Å². The second kappa shape index (κ2) is 7.57. The molecule has 5 nitrogen and oxygen atoms in total. The van der Waals surface area contributed by atoms with E-state index in [0.29, 0.717) is 0 Å². The second-order valence-electron chi connectivity index (χ2n) is 4.85. The fraction of sp³-hybridized carbons (Fsp3) is 0.385. The third-order valence-electron chi connectivity index (χ3n) is 3.02. The molecule has 1 aliphatic heterocycles. The molecule has 2 atom stereocenters. The van der Waals surface area contributed by atoms with E-state index in [1.165, 1.54) is 0 Å². The lowest BCUT2D eigenvalue weighted by molar-refractivity contribution is 0.595. The lowest BCUT2D eigenvalue weighted by Crippen LogP contribution is -2.43. The van der Waals surface area contributed by atoms with E-state index in [-0.39, 0.29) is 11.5 Å². The van der Waals surface area contributed by atoms with E-state index in [0.717, 1.165) is 42.1 Å². The molecule has 1 heterocycles. The SMILES string of the molecule is CC(N)SC1=C(N)CCNC1Nc1cc(I)c(N)c(I)c1. The number of thioether (sulfide) groups is 1. The average molecular weight is 531 g/mol. The van der Waals surface area contributed by atoms with Gasteiger partial charge in [0, 0.05) is 36.4 Å². The number of halogens is 2. The Balaban J connectivity index is 2.23. The molecule has 0 fully saturated rings. The predicted molar refractivity (Wildman–Crippen MR) is 109 cm³/mol. The zero-order valence-corrected chi connectivity index (χ0v) is 16.8. The maximum Gasteiger partial charge on any atom is 0.111 e. The molecule has 8 heteroatoms. The molecule has 0 spiro atoms. The first-order valence-corrected chi connectivity index (χ1v) is 9.57. The second-order valence-corrected chi connectivity index (χ2v) is 8.59. The summed E-state index contributed by atoms with van der Waals surface area (Å²) in [7, 11) is 0. The highest BCUT2D eigenvalue weighted by molar-refractivity contribution is 14.1. The molecule has 0 amide bonds. The van der Waals surface area contributed by atoms with Gasteiger partial charge in [-0.2, -0.15) is 0 Å². The molecule has 0 bridgehead atoms. The van der Waals surface area contributed by atoms with Gasteiger partial charge in [0.1, 0.15) is 6.17 Å². The van der Waals surface area contributed by atoms with Gasteiger partial charge < -0.3 is 22.5 Å². The molecule has 116 valence electrons. The Morgan fingerprint density at radius 3 is 2.52 bits per heavy atom. The summed E-state index contributed by atoms with van der Waals surface area (Å²) in [5.74, 6) is 0. The third-order valence-corrected chi connectivity index (χ3v) is 5.93. The number of hydrogen-bond acceptors (Lipinski definition) is 6. The fourth-order valence-corrected chi connectivity index (χ4v) is 4.75. The number of hydrogen-bond donors (Lipinski definition) is 5. The average Bonchev–Trinajstić information content (AvgIpc) is 2.39. The Bertz CT molecular complexity index is 538. The highest BCUT2D eigenvalue weighted by Gasteiger charge is 2.23. The summed E-state index contributed by atoms with van der Waals surface area (Å²) in [6, 6.07) is 4.08. The minimum Gasteiger partial charge on any atom is -0.401 e. The van der Waals surface area contributed by atoms with Crippen molar-refractivity contribution in [3.63, 3.8) is 0 Å². The zero-order chi connectivity index (χ0) is 15.6. The summed E-state index contributed by atoms with van der Waals surface area (Å²) >= 11 is 6.10. The zero-order valence-electron chi connectivity index (χ0n) is 11.6. The van der Waals surface area contributed by atoms with Crippen LogP contribution in [0.5, 0.6) is 0 Å². The Hall–Kier alpha value is 0.0900. The van der Waals surface area contributed by atoms with E-state index in [1.807, 2.05) is 19.1 Å². The maximum atomic E-state index is 6.16. The van der Waals surface area contributed by atoms with E-state index in [9.17, 15) is 0 Å². The molecule has 1 aliphatic rings. The summed E-state index contributed by atoms with van der Waals surface area (Å²) in [5, 5.41) is 6.94. The highest BCUT2D eigenvalue weighted by Crippen LogP contribution is 2.31. The van der Waals surface area contributed by atoms with Crippen LogP contribution >= 0.6 is 56.9 Å². The number of rotatable bonds is 4. The van der Waals surface area contributed by atoms with Crippen LogP contribution in [0, 0.1) is 7.14 Å². The van der Waals surface area contributed by atoms with Crippen molar-refractivity contribution in [1.82, 2.24) is 5.32 Å². The molecule has 0 aromatic heterocycles. The highest BCUT2D eigenvalue weighted by atomic mass is 127. The lowest BCUT2D eigenvalue weighted by Gasteiger charge is -2.30. The van der Waals surface area contributed by atoms with Gasteiger partial charge in [-0.1, -0.05) is 0 Å². The van der Waals surface area contributed by atoms with E-state index >= 15 is 0 Å². The van der Waals surface area contributed by atoms with Crippen LogP contribution in [0.3, 0.4) is 0 Å². The van der Waals surface area contributed by atoms with Crippen molar-refractivity contribution in [2.75, 3.05) is 17.6 Å². The molecule has 0 radical (unpaired) electrons. The van der Waals surface area contributed by atoms with Crippen molar-refractivity contribution in [2.24, 2.45) is 11.5 Å². The molecule has 21 heavy (non-hydrogen) atoms. The van der Waals surface area contributed by atoms with Gasteiger partial charge in [-0.15, -0.1) is 11.8 Å². The Morgan fingerprint density at radius 1 is 1.33 bits per heavy atom. The van der Waals surface area contributed by atoms with Crippen molar-refractivity contribution in [3.8, 4) is 0 Å². The number of nitrogens with one attached hydrogen (secondary N) is 2. The van der Waals surface area contributed by atoms with Crippen LogP contribution in [0.4, 0.5) is 11.4 Å². The first kappa shape index (κ1) is 17.4. The van der Waals surface area contributed by atoms with E-state index in [4.69, 9.17) is 17.2 Å². The van der Waals surface area contributed by atoms with Crippen LogP contribution in [0.25, 0.3) is 0 Å². The van der Waals surface area contributed by atoms with Crippen LogP contribution in [0.15, 0.2) is 22.7 Å². The van der Waals surface area contributed by atoms with E-state index in [2.05, 4.69) is 55.8 Å². The molecule has 1 aromatic rings.